The van der Waals surface area contributed by atoms with E-state index in [1.54, 1.807) is 12.1 Å². The molecule has 0 bridgehead atoms. The molecule has 0 saturated carbocycles. The van der Waals surface area contributed by atoms with E-state index < -0.39 is 5.97 Å². The maximum absolute atomic E-state index is 11.3. The molecule has 0 fully saturated rings. The van der Waals surface area contributed by atoms with Gasteiger partial charge in [0, 0.05) is 12.1 Å². The minimum Gasteiger partial charge on any atom is -0.478 e. The number of hydrazone groups is 1. The van der Waals surface area contributed by atoms with Gasteiger partial charge in [-0.25, -0.2) is 4.79 Å². The molecule has 0 aliphatic carbocycles. The van der Waals surface area contributed by atoms with Gasteiger partial charge in [-0.15, -0.1) is 12.6 Å². The lowest BCUT2D eigenvalue weighted by Crippen LogP contribution is -2.38. The third-order valence-corrected chi connectivity index (χ3v) is 4.50. The third kappa shape index (κ3) is 3.23. The van der Waals surface area contributed by atoms with E-state index in [-0.39, 0.29) is 5.50 Å². The van der Waals surface area contributed by atoms with Crippen LogP contribution in [0.15, 0.2) is 53.6 Å². The van der Waals surface area contributed by atoms with Crippen molar-refractivity contribution in [1.29, 1.82) is 0 Å². The Labute approximate surface area is 146 Å². The van der Waals surface area contributed by atoms with Crippen LogP contribution in [0.4, 0.5) is 0 Å². The van der Waals surface area contributed by atoms with Gasteiger partial charge in [-0.05, 0) is 30.5 Å². The first-order chi connectivity index (χ1) is 11.6. The molecule has 0 amide bonds. The maximum Gasteiger partial charge on any atom is 0.335 e. The fourth-order valence-electron chi connectivity index (χ4n) is 2.82. The monoisotopic (exact) mass is 341 g/mol. The van der Waals surface area contributed by atoms with E-state index in [1.165, 1.54) is 0 Å². The number of hydrogen-bond acceptors (Lipinski definition) is 5. The summed E-state index contributed by atoms with van der Waals surface area (Å²) in [6, 6.07) is 15.1. The van der Waals surface area contributed by atoms with Crippen molar-refractivity contribution in [1.82, 2.24) is 10.3 Å². The zero-order chi connectivity index (χ0) is 17.1. The first kappa shape index (κ1) is 16.4. The number of aryl methyl sites for hydroxylation is 1. The van der Waals surface area contributed by atoms with Gasteiger partial charge in [0.2, 0.25) is 0 Å². The maximum atomic E-state index is 11.3. The Kier molecular flexibility index (Phi) is 4.76. The number of rotatable bonds is 5. The highest BCUT2D eigenvalue weighted by atomic mass is 32.1. The number of carbonyl (C=O) groups is 1. The summed E-state index contributed by atoms with van der Waals surface area (Å²) in [5.74, 6) is -0.0683. The molecular weight excluding hydrogens is 322 g/mol. The lowest BCUT2D eigenvalue weighted by molar-refractivity contribution is 0.0695. The number of aromatic carboxylic acids is 1. The summed E-state index contributed by atoms with van der Waals surface area (Å²) in [4.78, 5) is 13.4. The number of nitrogens with zero attached hydrogens (tertiary/aromatic N) is 2. The molecule has 5 nitrogen and oxygen atoms in total. The number of benzene rings is 2. The lowest BCUT2D eigenvalue weighted by Gasteiger charge is -2.25. The molecule has 1 aliphatic rings. The molecule has 2 aromatic rings. The Hall–Kier alpha value is -2.47. The summed E-state index contributed by atoms with van der Waals surface area (Å²) in [6.45, 7) is 2.67. The van der Waals surface area contributed by atoms with Gasteiger partial charge in [-0.1, -0.05) is 42.5 Å². The lowest BCUT2D eigenvalue weighted by atomic mass is 10.0. The van der Waals surface area contributed by atoms with Crippen molar-refractivity contribution in [3.63, 3.8) is 0 Å². The molecule has 24 heavy (non-hydrogen) atoms. The Balaban J connectivity index is 1.80. The van der Waals surface area contributed by atoms with E-state index in [2.05, 4.69) is 23.2 Å². The Morgan fingerprint density at radius 1 is 1.25 bits per heavy atom. The normalized spacial score (nSPS) is 16.7. The first-order valence-electron chi connectivity index (χ1n) is 7.73. The summed E-state index contributed by atoms with van der Waals surface area (Å²) in [5, 5.41) is 13.7. The summed E-state index contributed by atoms with van der Waals surface area (Å²) in [7, 11) is 0. The molecule has 3 rings (SSSR count). The summed E-state index contributed by atoms with van der Waals surface area (Å²) < 4.78 is 0. The summed E-state index contributed by atoms with van der Waals surface area (Å²) in [6.07, 6.45) is 0.603. The quantitative estimate of drug-likeness (QED) is 0.732. The molecular formula is C18H19N3O2S. The van der Waals surface area contributed by atoms with Crippen molar-refractivity contribution in [3.05, 3.63) is 70.8 Å². The van der Waals surface area contributed by atoms with E-state index in [1.807, 2.05) is 48.2 Å². The van der Waals surface area contributed by atoms with Crippen LogP contribution in [-0.2, 0) is 6.42 Å². The molecule has 0 radical (unpaired) electrons. The highest BCUT2D eigenvalue weighted by Crippen LogP contribution is 2.20. The minimum atomic E-state index is -0.902. The molecule has 1 unspecified atom stereocenters. The number of amidine groups is 1. The van der Waals surface area contributed by atoms with Gasteiger partial charge < -0.3 is 10.0 Å². The van der Waals surface area contributed by atoms with Gasteiger partial charge in [0.05, 0.1) is 5.56 Å². The molecule has 1 aliphatic heterocycles. The second kappa shape index (κ2) is 6.97. The molecule has 0 spiro atoms. The Morgan fingerprint density at radius 3 is 2.71 bits per heavy atom. The van der Waals surface area contributed by atoms with Crippen LogP contribution >= 0.6 is 12.6 Å². The molecule has 1 atom stereocenters. The van der Waals surface area contributed by atoms with E-state index in [4.69, 9.17) is 0 Å². The van der Waals surface area contributed by atoms with Crippen molar-refractivity contribution >= 4 is 24.4 Å². The molecule has 124 valence electrons. The number of nitrogens with one attached hydrogen (secondary N) is 1. The molecule has 1 heterocycles. The second-order valence-corrected chi connectivity index (χ2v) is 6.15. The fraction of sp³-hybridized carbons (Fsp3) is 0.222. The SMILES string of the molecule is Cc1ccccc1C1=NNC(S)N1CCc1ccccc1C(=O)O. The van der Waals surface area contributed by atoms with Gasteiger partial charge >= 0.3 is 5.97 Å². The van der Waals surface area contributed by atoms with E-state index in [0.717, 1.165) is 22.5 Å². The van der Waals surface area contributed by atoms with Crippen LogP contribution in [0.3, 0.4) is 0 Å². The third-order valence-electron chi connectivity index (χ3n) is 4.11. The minimum absolute atomic E-state index is 0.225. The average molecular weight is 341 g/mol. The number of carboxylic acids is 1. The van der Waals surface area contributed by atoms with Crippen LogP contribution in [0.25, 0.3) is 0 Å². The molecule has 2 N–H and O–H groups in total. The van der Waals surface area contributed by atoms with Crippen molar-refractivity contribution in [2.45, 2.75) is 18.8 Å². The smallest absolute Gasteiger partial charge is 0.335 e. The van der Waals surface area contributed by atoms with Gasteiger partial charge in [0.25, 0.3) is 0 Å². The number of hydrogen-bond donors (Lipinski definition) is 3. The highest BCUT2D eigenvalue weighted by Gasteiger charge is 2.26. The topological polar surface area (TPSA) is 64.9 Å². The van der Waals surface area contributed by atoms with Gasteiger partial charge in [-0.3, -0.25) is 5.43 Å². The Morgan fingerprint density at radius 2 is 1.96 bits per heavy atom. The van der Waals surface area contributed by atoms with Crippen LogP contribution in [-0.4, -0.2) is 33.9 Å². The molecule has 0 saturated heterocycles. The average Bonchev–Trinajstić information content (AvgIpc) is 2.94. The van der Waals surface area contributed by atoms with Crippen LogP contribution < -0.4 is 5.43 Å². The van der Waals surface area contributed by atoms with Crippen molar-refractivity contribution < 1.29 is 9.90 Å². The zero-order valence-corrected chi connectivity index (χ0v) is 14.2. The molecule has 2 aromatic carbocycles. The Bertz CT molecular complexity index is 791. The zero-order valence-electron chi connectivity index (χ0n) is 13.3. The van der Waals surface area contributed by atoms with Crippen LogP contribution in [0.1, 0.15) is 27.0 Å². The fourth-order valence-corrected chi connectivity index (χ4v) is 3.11. The number of thiol groups is 1. The largest absolute Gasteiger partial charge is 0.478 e. The predicted molar refractivity (Wildman–Crippen MR) is 97.4 cm³/mol. The van der Waals surface area contributed by atoms with Crippen molar-refractivity contribution in [2.24, 2.45) is 5.10 Å². The molecule has 6 heteroatoms. The van der Waals surface area contributed by atoms with E-state index in [0.29, 0.717) is 18.5 Å². The van der Waals surface area contributed by atoms with E-state index in [9.17, 15) is 9.90 Å². The number of carboxylic acid groups (broad SMARTS) is 1. The van der Waals surface area contributed by atoms with Gasteiger partial charge in [-0.2, -0.15) is 5.10 Å². The standard InChI is InChI=1S/C18H19N3O2S/c1-12-6-2-4-8-14(12)16-19-20-18(24)21(16)11-10-13-7-3-5-9-15(13)17(22)23/h2-9,18,20,24H,10-11H2,1H3,(H,22,23). The second-order valence-electron chi connectivity index (χ2n) is 5.66. The van der Waals surface area contributed by atoms with Crippen molar-refractivity contribution in [2.75, 3.05) is 6.54 Å². The summed E-state index contributed by atoms with van der Waals surface area (Å²) in [5.41, 5.74) is 6.09. The highest BCUT2D eigenvalue weighted by molar-refractivity contribution is 7.80. The van der Waals surface area contributed by atoms with Crippen LogP contribution in [0.2, 0.25) is 0 Å². The van der Waals surface area contributed by atoms with Crippen molar-refractivity contribution in [3.8, 4) is 0 Å². The van der Waals surface area contributed by atoms with E-state index >= 15 is 0 Å². The van der Waals surface area contributed by atoms with Crippen LogP contribution in [0, 0.1) is 6.92 Å². The van der Waals surface area contributed by atoms with Crippen LogP contribution in [0.5, 0.6) is 0 Å². The first-order valence-corrected chi connectivity index (χ1v) is 8.24. The van der Waals surface area contributed by atoms with Gasteiger partial charge in [0.1, 0.15) is 0 Å². The molecule has 0 aromatic heterocycles. The summed E-state index contributed by atoms with van der Waals surface area (Å²) >= 11 is 4.53. The predicted octanol–water partition coefficient (Wildman–Crippen LogP) is 2.72. The van der Waals surface area contributed by atoms with Gasteiger partial charge in [0.15, 0.2) is 11.3 Å².